The summed E-state index contributed by atoms with van der Waals surface area (Å²) in [6.07, 6.45) is 3.32. The highest BCUT2D eigenvalue weighted by Gasteiger charge is 2.14. The van der Waals surface area contributed by atoms with E-state index in [1.165, 1.54) is 0 Å². The van der Waals surface area contributed by atoms with E-state index in [1.54, 1.807) is 0 Å². The summed E-state index contributed by atoms with van der Waals surface area (Å²) in [6, 6.07) is 0.288. The quantitative estimate of drug-likeness (QED) is 0.606. The highest BCUT2D eigenvalue weighted by atomic mass is 16.1. The van der Waals surface area contributed by atoms with E-state index in [2.05, 4.69) is 38.3 Å². The Bertz CT molecular complexity index is 167. The molecule has 2 N–H and O–H groups in total. The van der Waals surface area contributed by atoms with Crippen molar-refractivity contribution in [2.45, 2.75) is 53.0 Å². The summed E-state index contributed by atoms with van der Waals surface area (Å²) in [6.45, 7) is 9.89. The third-order valence-corrected chi connectivity index (χ3v) is 2.86. The van der Waals surface area contributed by atoms with Crippen LogP contribution in [0.4, 0.5) is 0 Å². The van der Waals surface area contributed by atoms with Crippen molar-refractivity contribution in [2.24, 2.45) is 5.92 Å². The van der Waals surface area contributed by atoms with Crippen molar-refractivity contribution in [3.63, 3.8) is 0 Å². The smallest absolute Gasteiger partial charge is 0.234 e. The third kappa shape index (κ3) is 6.50. The Hall–Kier alpha value is -0.570. The molecule has 1 amide bonds. The molecule has 1 atom stereocenters. The van der Waals surface area contributed by atoms with Crippen LogP contribution in [0, 0.1) is 5.92 Å². The standard InChI is InChI=1S/C12H26N2O/c1-5-8-13-9-12(15)14-10(4)11(6-2)7-3/h10-11,13H,5-9H2,1-4H3,(H,14,15). The molecule has 0 saturated carbocycles. The Balaban J connectivity index is 3.74. The largest absolute Gasteiger partial charge is 0.352 e. The van der Waals surface area contributed by atoms with Crippen LogP contribution in [0.1, 0.15) is 47.0 Å². The second kappa shape index (κ2) is 8.72. The SMILES string of the molecule is CCCNCC(=O)NC(C)C(CC)CC. The number of amides is 1. The maximum atomic E-state index is 11.5. The molecule has 0 aliphatic carbocycles. The second-order valence-electron chi connectivity index (χ2n) is 4.11. The summed E-state index contributed by atoms with van der Waals surface area (Å²) in [5.41, 5.74) is 0. The van der Waals surface area contributed by atoms with Gasteiger partial charge in [-0.1, -0.05) is 33.6 Å². The summed E-state index contributed by atoms with van der Waals surface area (Å²) in [5, 5.41) is 6.14. The zero-order chi connectivity index (χ0) is 11.7. The van der Waals surface area contributed by atoms with Crippen LogP contribution < -0.4 is 10.6 Å². The van der Waals surface area contributed by atoms with Crippen LogP contribution >= 0.6 is 0 Å². The van der Waals surface area contributed by atoms with Gasteiger partial charge in [0, 0.05) is 6.04 Å². The van der Waals surface area contributed by atoms with Crippen molar-refractivity contribution in [2.75, 3.05) is 13.1 Å². The third-order valence-electron chi connectivity index (χ3n) is 2.86. The molecule has 0 aromatic rings. The van der Waals surface area contributed by atoms with Gasteiger partial charge in [0.25, 0.3) is 0 Å². The molecule has 0 fully saturated rings. The Labute approximate surface area is 94.0 Å². The zero-order valence-electron chi connectivity index (χ0n) is 10.6. The molecule has 0 aliphatic rings. The van der Waals surface area contributed by atoms with Gasteiger partial charge >= 0.3 is 0 Å². The van der Waals surface area contributed by atoms with Gasteiger partial charge in [-0.05, 0) is 25.8 Å². The van der Waals surface area contributed by atoms with E-state index in [9.17, 15) is 4.79 Å². The predicted molar refractivity (Wildman–Crippen MR) is 64.8 cm³/mol. The Morgan fingerprint density at radius 3 is 2.27 bits per heavy atom. The number of hydrogen-bond donors (Lipinski definition) is 2. The fourth-order valence-electron chi connectivity index (χ4n) is 1.80. The van der Waals surface area contributed by atoms with Gasteiger partial charge in [-0.25, -0.2) is 0 Å². The van der Waals surface area contributed by atoms with Crippen LogP contribution in [0.2, 0.25) is 0 Å². The zero-order valence-corrected chi connectivity index (χ0v) is 10.6. The highest BCUT2D eigenvalue weighted by molar-refractivity contribution is 5.78. The van der Waals surface area contributed by atoms with E-state index in [0.717, 1.165) is 25.8 Å². The summed E-state index contributed by atoms with van der Waals surface area (Å²) >= 11 is 0. The number of rotatable bonds is 8. The lowest BCUT2D eigenvalue weighted by molar-refractivity contribution is -0.121. The lowest BCUT2D eigenvalue weighted by Gasteiger charge is -2.22. The first kappa shape index (κ1) is 14.4. The maximum absolute atomic E-state index is 11.5. The lowest BCUT2D eigenvalue weighted by atomic mass is 9.95. The first-order valence-corrected chi connectivity index (χ1v) is 6.15. The molecule has 3 nitrogen and oxygen atoms in total. The molecule has 0 aliphatic heterocycles. The number of hydrogen-bond acceptors (Lipinski definition) is 2. The minimum Gasteiger partial charge on any atom is -0.352 e. The number of carbonyl (C=O) groups is 1. The molecule has 3 heteroatoms. The Morgan fingerprint density at radius 2 is 1.80 bits per heavy atom. The van der Waals surface area contributed by atoms with Crippen molar-refractivity contribution in [1.82, 2.24) is 10.6 Å². The van der Waals surface area contributed by atoms with E-state index in [4.69, 9.17) is 0 Å². The average molecular weight is 214 g/mol. The van der Waals surface area contributed by atoms with Gasteiger partial charge in [0.1, 0.15) is 0 Å². The minimum absolute atomic E-state index is 0.114. The lowest BCUT2D eigenvalue weighted by Crippen LogP contribution is -2.42. The van der Waals surface area contributed by atoms with E-state index in [-0.39, 0.29) is 11.9 Å². The first-order chi connectivity index (χ1) is 7.15. The molecule has 0 saturated heterocycles. The van der Waals surface area contributed by atoms with Crippen LogP contribution in [0.25, 0.3) is 0 Å². The molecule has 0 heterocycles. The van der Waals surface area contributed by atoms with Crippen molar-refractivity contribution in [3.8, 4) is 0 Å². The van der Waals surface area contributed by atoms with Crippen LogP contribution in [-0.4, -0.2) is 25.0 Å². The fourth-order valence-corrected chi connectivity index (χ4v) is 1.80. The second-order valence-corrected chi connectivity index (χ2v) is 4.11. The Kier molecular flexibility index (Phi) is 8.38. The molecule has 0 radical (unpaired) electrons. The van der Waals surface area contributed by atoms with Gasteiger partial charge in [-0.2, -0.15) is 0 Å². The van der Waals surface area contributed by atoms with Gasteiger partial charge in [0.2, 0.25) is 5.91 Å². The molecule has 90 valence electrons. The van der Waals surface area contributed by atoms with Gasteiger partial charge in [-0.15, -0.1) is 0 Å². The van der Waals surface area contributed by atoms with Crippen molar-refractivity contribution in [1.29, 1.82) is 0 Å². The first-order valence-electron chi connectivity index (χ1n) is 6.15. The molecule has 15 heavy (non-hydrogen) atoms. The van der Waals surface area contributed by atoms with Gasteiger partial charge in [0.15, 0.2) is 0 Å². The summed E-state index contributed by atoms with van der Waals surface area (Å²) in [7, 11) is 0. The molecule has 0 aromatic carbocycles. The maximum Gasteiger partial charge on any atom is 0.234 e. The van der Waals surface area contributed by atoms with Gasteiger partial charge in [-0.3, -0.25) is 4.79 Å². The molecule has 0 aromatic heterocycles. The molecular weight excluding hydrogens is 188 g/mol. The minimum atomic E-state index is 0.114. The molecular formula is C12H26N2O. The van der Waals surface area contributed by atoms with Crippen molar-refractivity contribution in [3.05, 3.63) is 0 Å². The fraction of sp³-hybridized carbons (Fsp3) is 0.917. The molecule has 0 rings (SSSR count). The van der Waals surface area contributed by atoms with Crippen molar-refractivity contribution < 1.29 is 4.79 Å². The molecule has 0 bridgehead atoms. The van der Waals surface area contributed by atoms with E-state index >= 15 is 0 Å². The summed E-state index contributed by atoms with van der Waals surface area (Å²) in [4.78, 5) is 11.5. The molecule has 0 spiro atoms. The highest BCUT2D eigenvalue weighted by Crippen LogP contribution is 2.12. The van der Waals surface area contributed by atoms with Crippen molar-refractivity contribution >= 4 is 5.91 Å². The van der Waals surface area contributed by atoms with Crippen LogP contribution in [0.15, 0.2) is 0 Å². The monoisotopic (exact) mass is 214 g/mol. The van der Waals surface area contributed by atoms with Crippen LogP contribution in [-0.2, 0) is 4.79 Å². The normalized spacial score (nSPS) is 12.9. The van der Waals surface area contributed by atoms with E-state index in [0.29, 0.717) is 12.5 Å². The summed E-state index contributed by atoms with van der Waals surface area (Å²) in [5.74, 6) is 0.711. The van der Waals surface area contributed by atoms with Gasteiger partial charge < -0.3 is 10.6 Å². The van der Waals surface area contributed by atoms with Crippen LogP contribution in [0.5, 0.6) is 0 Å². The van der Waals surface area contributed by atoms with E-state index in [1.807, 2.05) is 0 Å². The number of nitrogens with one attached hydrogen (secondary N) is 2. The van der Waals surface area contributed by atoms with Crippen LogP contribution in [0.3, 0.4) is 0 Å². The average Bonchev–Trinajstić information content (AvgIpc) is 2.20. The summed E-state index contributed by atoms with van der Waals surface area (Å²) < 4.78 is 0. The topological polar surface area (TPSA) is 41.1 Å². The van der Waals surface area contributed by atoms with E-state index < -0.39 is 0 Å². The predicted octanol–water partition coefficient (Wildman–Crippen LogP) is 1.93. The number of carbonyl (C=O) groups excluding carboxylic acids is 1. The Morgan fingerprint density at radius 1 is 1.20 bits per heavy atom. The van der Waals surface area contributed by atoms with Gasteiger partial charge in [0.05, 0.1) is 6.54 Å². The molecule has 1 unspecified atom stereocenters.